The quantitative estimate of drug-likeness (QED) is 0.344. The number of ether oxygens (including phenoxy) is 2. The standard InChI is InChI=1S/C19H21O6P/c1-3-22-19(23-4-2)25-26(20,21)24-18-11-7-10-16-12-14-8-5-6-9-15(14)13-17(16)18/h5-13,19H,3-4H2,1-2H3,(H,20,21). The highest BCUT2D eigenvalue weighted by Gasteiger charge is 2.30. The van der Waals surface area contributed by atoms with Crippen molar-refractivity contribution in [1.82, 2.24) is 0 Å². The SMILES string of the molecule is CCOC(OCC)OP(=O)(O)Oc1cccc2cc3ccccc3cc12. The maximum atomic E-state index is 12.4. The van der Waals surface area contributed by atoms with Crippen molar-refractivity contribution in [3.05, 3.63) is 54.6 Å². The first-order chi connectivity index (χ1) is 12.5. The molecular formula is C19H21O6P. The Kier molecular flexibility index (Phi) is 5.91. The van der Waals surface area contributed by atoms with Crippen LogP contribution in [0.4, 0.5) is 0 Å². The summed E-state index contributed by atoms with van der Waals surface area (Å²) < 4.78 is 33.0. The van der Waals surface area contributed by atoms with Crippen LogP contribution >= 0.6 is 7.82 Å². The molecule has 6 nitrogen and oxygen atoms in total. The van der Waals surface area contributed by atoms with Crippen molar-refractivity contribution < 1.29 is 28.0 Å². The number of fused-ring (bicyclic) bond motifs is 2. The van der Waals surface area contributed by atoms with Crippen LogP contribution in [0.15, 0.2) is 54.6 Å². The van der Waals surface area contributed by atoms with Gasteiger partial charge in [0, 0.05) is 18.6 Å². The molecule has 0 aromatic heterocycles. The van der Waals surface area contributed by atoms with Crippen LogP contribution in [-0.4, -0.2) is 24.6 Å². The van der Waals surface area contributed by atoms with Crippen LogP contribution in [0, 0.1) is 0 Å². The highest BCUT2D eigenvalue weighted by atomic mass is 31.2. The fourth-order valence-corrected chi connectivity index (χ4v) is 3.44. The Balaban J connectivity index is 1.92. The molecule has 0 saturated heterocycles. The van der Waals surface area contributed by atoms with Gasteiger partial charge < -0.3 is 14.0 Å². The van der Waals surface area contributed by atoms with Crippen LogP contribution < -0.4 is 4.52 Å². The topological polar surface area (TPSA) is 74.2 Å². The molecule has 0 radical (unpaired) electrons. The summed E-state index contributed by atoms with van der Waals surface area (Å²) in [4.78, 5) is 10.1. The van der Waals surface area contributed by atoms with Gasteiger partial charge in [-0.2, -0.15) is 0 Å². The number of benzene rings is 3. The first-order valence-corrected chi connectivity index (χ1v) is 9.87. The number of rotatable bonds is 8. The zero-order valence-corrected chi connectivity index (χ0v) is 15.5. The van der Waals surface area contributed by atoms with Gasteiger partial charge in [-0.15, -0.1) is 0 Å². The molecule has 0 saturated carbocycles. The largest absolute Gasteiger partial charge is 0.531 e. The monoisotopic (exact) mass is 376 g/mol. The van der Waals surface area contributed by atoms with Crippen LogP contribution in [0.3, 0.4) is 0 Å². The summed E-state index contributed by atoms with van der Waals surface area (Å²) in [5, 5.41) is 3.69. The van der Waals surface area contributed by atoms with E-state index in [0.717, 1.165) is 16.2 Å². The Morgan fingerprint density at radius 3 is 2.19 bits per heavy atom. The number of hydrogen-bond acceptors (Lipinski definition) is 5. The summed E-state index contributed by atoms with van der Waals surface area (Å²) in [5.41, 5.74) is 0. The molecule has 0 aliphatic rings. The fourth-order valence-electron chi connectivity index (χ4n) is 2.65. The van der Waals surface area contributed by atoms with E-state index in [4.69, 9.17) is 18.5 Å². The van der Waals surface area contributed by atoms with Crippen molar-refractivity contribution >= 4 is 29.4 Å². The van der Waals surface area contributed by atoms with E-state index in [0.29, 0.717) is 5.39 Å². The molecule has 0 fully saturated rings. The second-order valence-corrected chi connectivity index (χ2v) is 6.87. The first kappa shape index (κ1) is 18.8. The van der Waals surface area contributed by atoms with Gasteiger partial charge in [-0.1, -0.05) is 36.4 Å². The molecule has 1 unspecified atom stereocenters. The van der Waals surface area contributed by atoms with Gasteiger partial charge in [0.15, 0.2) is 0 Å². The molecule has 7 heteroatoms. The number of phosphoric acid groups is 1. The zero-order valence-electron chi connectivity index (χ0n) is 14.6. The van der Waals surface area contributed by atoms with Crippen LogP contribution in [0.5, 0.6) is 5.75 Å². The van der Waals surface area contributed by atoms with E-state index in [1.165, 1.54) is 0 Å². The van der Waals surface area contributed by atoms with Gasteiger partial charge in [-0.25, -0.2) is 9.09 Å². The molecule has 0 spiro atoms. The highest BCUT2D eigenvalue weighted by molar-refractivity contribution is 7.47. The van der Waals surface area contributed by atoms with Crippen LogP contribution in [-0.2, 0) is 18.6 Å². The molecule has 1 atom stereocenters. The molecule has 0 amide bonds. The van der Waals surface area contributed by atoms with Crippen LogP contribution in [0.25, 0.3) is 21.5 Å². The Morgan fingerprint density at radius 2 is 1.54 bits per heavy atom. The molecule has 0 bridgehead atoms. The van der Waals surface area contributed by atoms with Crippen molar-refractivity contribution in [2.24, 2.45) is 0 Å². The smallest absolute Gasteiger partial charge is 0.403 e. The maximum absolute atomic E-state index is 12.4. The third-order valence-electron chi connectivity index (χ3n) is 3.75. The van der Waals surface area contributed by atoms with E-state index < -0.39 is 14.3 Å². The van der Waals surface area contributed by atoms with Crippen LogP contribution in [0.2, 0.25) is 0 Å². The van der Waals surface area contributed by atoms with E-state index in [9.17, 15) is 9.46 Å². The van der Waals surface area contributed by atoms with Crippen molar-refractivity contribution in [3.63, 3.8) is 0 Å². The Labute approximate surface area is 151 Å². The Morgan fingerprint density at radius 1 is 0.923 bits per heavy atom. The first-order valence-electron chi connectivity index (χ1n) is 8.38. The number of hydrogen-bond donors (Lipinski definition) is 1. The normalized spacial score (nSPS) is 14.0. The summed E-state index contributed by atoms with van der Waals surface area (Å²) in [6, 6.07) is 17.1. The lowest BCUT2D eigenvalue weighted by atomic mass is 10.0. The van der Waals surface area contributed by atoms with E-state index in [2.05, 4.69) is 0 Å². The summed E-state index contributed by atoms with van der Waals surface area (Å²) in [6.07, 6.45) is 0. The minimum absolute atomic E-state index is 0.255. The van der Waals surface area contributed by atoms with Gasteiger partial charge in [0.05, 0.1) is 0 Å². The third kappa shape index (κ3) is 4.41. The lowest BCUT2D eigenvalue weighted by Gasteiger charge is -2.20. The highest BCUT2D eigenvalue weighted by Crippen LogP contribution is 2.47. The Hall–Kier alpha value is -1.95. The molecule has 0 heterocycles. The van der Waals surface area contributed by atoms with E-state index in [-0.39, 0.29) is 19.0 Å². The second-order valence-electron chi connectivity index (χ2n) is 5.54. The average molecular weight is 376 g/mol. The molecule has 3 aromatic carbocycles. The molecule has 3 aromatic rings. The van der Waals surface area contributed by atoms with Gasteiger partial charge in [0.1, 0.15) is 5.75 Å². The molecule has 138 valence electrons. The van der Waals surface area contributed by atoms with Crippen molar-refractivity contribution in [2.45, 2.75) is 20.3 Å². The van der Waals surface area contributed by atoms with Gasteiger partial charge >= 0.3 is 7.82 Å². The van der Waals surface area contributed by atoms with E-state index in [1.54, 1.807) is 26.0 Å². The van der Waals surface area contributed by atoms with Gasteiger partial charge in [-0.3, -0.25) is 4.89 Å². The molecule has 26 heavy (non-hydrogen) atoms. The van der Waals surface area contributed by atoms with Crippen LogP contribution in [0.1, 0.15) is 13.8 Å². The lowest BCUT2D eigenvalue weighted by Crippen LogP contribution is -2.21. The summed E-state index contributed by atoms with van der Waals surface area (Å²) >= 11 is 0. The zero-order chi connectivity index (χ0) is 18.6. The minimum Gasteiger partial charge on any atom is -0.403 e. The molecule has 1 N–H and O–H groups in total. The second kappa shape index (κ2) is 8.16. The molecular weight excluding hydrogens is 355 g/mol. The summed E-state index contributed by atoms with van der Waals surface area (Å²) in [6.45, 7) is 2.73. The van der Waals surface area contributed by atoms with E-state index in [1.807, 2.05) is 42.5 Å². The molecule has 0 aliphatic heterocycles. The number of phosphoric ester groups is 1. The molecule has 0 aliphatic carbocycles. The van der Waals surface area contributed by atoms with E-state index >= 15 is 0 Å². The fraction of sp³-hybridized carbons (Fsp3) is 0.263. The Bertz CT molecular complexity index is 936. The predicted octanol–water partition coefficient (Wildman–Crippen LogP) is 4.85. The summed E-state index contributed by atoms with van der Waals surface area (Å²) in [5.74, 6) is 0.255. The lowest BCUT2D eigenvalue weighted by molar-refractivity contribution is -0.248. The minimum atomic E-state index is -4.44. The van der Waals surface area contributed by atoms with Gasteiger partial charge in [-0.05, 0) is 48.2 Å². The van der Waals surface area contributed by atoms with Crippen molar-refractivity contribution in [1.29, 1.82) is 0 Å². The van der Waals surface area contributed by atoms with Crippen molar-refractivity contribution in [2.75, 3.05) is 13.2 Å². The van der Waals surface area contributed by atoms with Gasteiger partial charge in [0.2, 0.25) is 0 Å². The molecule has 3 rings (SSSR count). The summed E-state index contributed by atoms with van der Waals surface area (Å²) in [7, 11) is -4.44. The maximum Gasteiger partial charge on any atom is 0.531 e. The van der Waals surface area contributed by atoms with Crippen molar-refractivity contribution in [3.8, 4) is 5.75 Å². The average Bonchev–Trinajstić information content (AvgIpc) is 2.60. The third-order valence-corrected chi connectivity index (χ3v) is 4.61. The predicted molar refractivity (Wildman–Crippen MR) is 100 cm³/mol. The van der Waals surface area contributed by atoms with Gasteiger partial charge in [0.25, 0.3) is 6.48 Å².